The van der Waals surface area contributed by atoms with Crippen LogP contribution in [0.25, 0.3) is 0 Å². The van der Waals surface area contributed by atoms with E-state index in [1.807, 2.05) is 0 Å². The summed E-state index contributed by atoms with van der Waals surface area (Å²) in [4.78, 5) is 13.8. The summed E-state index contributed by atoms with van der Waals surface area (Å²) >= 11 is 0. The Balaban J connectivity index is 3.36. The van der Waals surface area contributed by atoms with Crippen molar-refractivity contribution < 1.29 is 18.3 Å². The molecule has 1 rings (SSSR count). The van der Waals surface area contributed by atoms with Gasteiger partial charge in [0.2, 0.25) is 10.0 Å². The van der Waals surface area contributed by atoms with E-state index in [2.05, 4.69) is 4.98 Å². The molecule has 0 aromatic carbocycles. The van der Waals surface area contributed by atoms with Crippen molar-refractivity contribution in [1.82, 2.24) is 8.96 Å². The normalized spacial score (nSPS) is 11.4. The molecule has 1 heterocycles. The van der Waals surface area contributed by atoms with Gasteiger partial charge in [0.25, 0.3) is 0 Å². The van der Waals surface area contributed by atoms with Crippen LogP contribution in [0.5, 0.6) is 0 Å². The van der Waals surface area contributed by atoms with Crippen molar-refractivity contribution in [3.8, 4) is 0 Å². The quantitative estimate of drug-likeness (QED) is 0.671. The molecule has 12 heavy (non-hydrogen) atoms. The van der Waals surface area contributed by atoms with Gasteiger partial charge < -0.3 is 5.11 Å². The number of nitrogens with zero attached hydrogens (tertiary/aromatic N) is 2. The number of hydrogen-bond acceptors (Lipinski definition) is 4. The van der Waals surface area contributed by atoms with Crippen molar-refractivity contribution in [3.63, 3.8) is 0 Å². The highest BCUT2D eigenvalue weighted by atomic mass is 32.2. The van der Waals surface area contributed by atoms with Crippen LogP contribution in [0.1, 0.15) is 10.5 Å². The summed E-state index contributed by atoms with van der Waals surface area (Å²) < 4.78 is 22.4. The molecular formula is C5H6N2O4S. The average Bonchev–Trinajstić information content (AvgIpc) is 2.30. The van der Waals surface area contributed by atoms with E-state index >= 15 is 0 Å². The first-order chi connectivity index (χ1) is 5.43. The van der Waals surface area contributed by atoms with Crippen LogP contribution in [0, 0.1) is 0 Å². The van der Waals surface area contributed by atoms with Gasteiger partial charge >= 0.3 is 5.97 Å². The molecule has 66 valence electrons. The van der Waals surface area contributed by atoms with Crippen LogP contribution >= 0.6 is 0 Å². The predicted octanol–water partition coefficient (Wildman–Crippen LogP) is -0.611. The molecule has 0 aliphatic heterocycles. The molecule has 0 unspecified atom stereocenters. The van der Waals surface area contributed by atoms with Gasteiger partial charge in [-0.3, -0.25) is 0 Å². The van der Waals surface area contributed by atoms with E-state index in [-0.39, 0.29) is 5.69 Å². The monoisotopic (exact) mass is 190 g/mol. The second kappa shape index (κ2) is 2.59. The van der Waals surface area contributed by atoms with Crippen LogP contribution in [0.2, 0.25) is 0 Å². The minimum absolute atomic E-state index is 0.363. The SMILES string of the molecule is CS(=O)(=O)n1cncc1C(=O)O. The number of aromatic nitrogens is 2. The molecule has 1 aromatic heterocycles. The summed E-state index contributed by atoms with van der Waals surface area (Å²) in [5.74, 6) is -1.32. The van der Waals surface area contributed by atoms with Gasteiger partial charge in [-0.05, 0) is 0 Å². The van der Waals surface area contributed by atoms with Crippen LogP contribution in [0.4, 0.5) is 0 Å². The maximum Gasteiger partial charge on any atom is 0.355 e. The lowest BCUT2D eigenvalue weighted by molar-refractivity contribution is 0.0689. The van der Waals surface area contributed by atoms with Gasteiger partial charge in [-0.2, -0.15) is 0 Å². The Morgan fingerprint density at radius 3 is 2.58 bits per heavy atom. The van der Waals surface area contributed by atoms with Crippen molar-refractivity contribution in [3.05, 3.63) is 18.2 Å². The minimum Gasteiger partial charge on any atom is -0.476 e. The molecular weight excluding hydrogens is 184 g/mol. The van der Waals surface area contributed by atoms with Crippen molar-refractivity contribution in [2.75, 3.05) is 6.26 Å². The molecule has 1 N–H and O–H groups in total. The fourth-order valence-electron chi connectivity index (χ4n) is 0.697. The Morgan fingerprint density at radius 1 is 1.67 bits per heavy atom. The van der Waals surface area contributed by atoms with Gasteiger partial charge in [0.15, 0.2) is 5.69 Å². The number of imidazole rings is 1. The van der Waals surface area contributed by atoms with E-state index in [4.69, 9.17) is 5.11 Å². The van der Waals surface area contributed by atoms with Crippen LogP contribution in [0.3, 0.4) is 0 Å². The highest BCUT2D eigenvalue weighted by Crippen LogP contribution is 2.01. The van der Waals surface area contributed by atoms with Crippen molar-refractivity contribution in [1.29, 1.82) is 0 Å². The van der Waals surface area contributed by atoms with Crippen LogP contribution < -0.4 is 0 Å². The van der Waals surface area contributed by atoms with Crippen molar-refractivity contribution in [2.24, 2.45) is 0 Å². The number of hydrogen-bond donors (Lipinski definition) is 1. The molecule has 0 amide bonds. The maximum absolute atomic E-state index is 10.9. The third-order valence-electron chi connectivity index (χ3n) is 1.18. The number of aromatic carboxylic acids is 1. The summed E-state index contributed by atoms with van der Waals surface area (Å²) in [6.45, 7) is 0. The van der Waals surface area contributed by atoms with Crippen molar-refractivity contribution in [2.45, 2.75) is 0 Å². The average molecular weight is 190 g/mol. The van der Waals surface area contributed by atoms with E-state index in [1.165, 1.54) is 0 Å². The number of carboxylic acid groups (broad SMARTS) is 1. The highest BCUT2D eigenvalue weighted by molar-refractivity contribution is 7.89. The predicted molar refractivity (Wildman–Crippen MR) is 39.4 cm³/mol. The van der Waals surface area contributed by atoms with Crippen LogP contribution in [0.15, 0.2) is 12.5 Å². The second-order valence-electron chi connectivity index (χ2n) is 2.14. The van der Waals surface area contributed by atoms with E-state index in [1.54, 1.807) is 0 Å². The molecule has 0 saturated carbocycles. The molecule has 0 atom stereocenters. The van der Waals surface area contributed by atoms with Gasteiger partial charge in [0.05, 0.1) is 12.5 Å². The molecule has 0 radical (unpaired) electrons. The number of carboxylic acids is 1. The summed E-state index contributed by atoms with van der Waals surface area (Å²) in [5.41, 5.74) is -0.363. The minimum atomic E-state index is -3.56. The molecule has 6 nitrogen and oxygen atoms in total. The third kappa shape index (κ3) is 1.45. The fraction of sp³-hybridized carbons (Fsp3) is 0.200. The zero-order valence-electron chi connectivity index (χ0n) is 6.13. The Hall–Kier alpha value is -1.37. The fourth-order valence-corrected chi connectivity index (χ4v) is 1.41. The largest absolute Gasteiger partial charge is 0.476 e. The zero-order valence-corrected chi connectivity index (χ0v) is 6.95. The lowest BCUT2D eigenvalue weighted by Crippen LogP contribution is -2.15. The summed E-state index contributed by atoms with van der Waals surface area (Å²) in [7, 11) is -3.56. The van der Waals surface area contributed by atoms with Crippen LogP contribution in [-0.4, -0.2) is 34.7 Å². The standard InChI is InChI=1S/C5H6N2O4S/c1-12(10,11)7-3-6-2-4(7)5(8)9/h2-3H,1H3,(H,8,9). The third-order valence-corrected chi connectivity index (χ3v) is 2.19. The van der Waals surface area contributed by atoms with E-state index in [0.29, 0.717) is 3.97 Å². The molecule has 7 heteroatoms. The smallest absolute Gasteiger partial charge is 0.355 e. The molecule has 1 aromatic rings. The first-order valence-corrected chi connectivity index (χ1v) is 4.74. The molecule has 0 aliphatic carbocycles. The lowest BCUT2D eigenvalue weighted by Gasteiger charge is -1.99. The summed E-state index contributed by atoms with van der Waals surface area (Å²) in [6.07, 6.45) is 2.82. The van der Waals surface area contributed by atoms with Gasteiger partial charge in [-0.15, -0.1) is 0 Å². The van der Waals surface area contributed by atoms with E-state index < -0.39 is 16.0 Å². The van der Waals surface area contributed by atoms with E-state index in [0.717, 1.165) is 18.8 Å². The Labute approximate surface area is 68.5 Å². The zero-order chi connectivity index (χ0) is 9.35. The summed E-state index contributed by atoms with van der Waals surface area (Å²) in [6, 6.07) is 0. The van der Waals surface area contributed by atoms with E-state index in [9.17, 15) is 13.2 Å². The van der Waals surface area contributed by atoms with Crippen LogP contribution in [-0.2, 0) is 10.0 Å². The Bertz CT molecular complexity index is 405. The van der Waals surface area contributed by atoms with Gasteiger partial charge in [0, 0.05) is 0 Å². The molecule has 0 fully saturated rings. The van der Waals surface area contributed by atoms with Gasteiger partial charge in [-0.25, -0.2) is 22.2 Å². The van der Waals surface area contributed by atoms with Gasteiger partial charge in [-0.1, -0.05) is 0 Å². The Morgan fingerprint density at radius 2 is 2.25 bits per heavy atom. The lowest BCUT2D eigenvalue weighted by atomic mass is 10.5. The van der Waals surface area contributed by atoms with Crippen molar-refractivity contribution >= 4 is 16.0 Å². The molecule has 0 saturated heterocycles. The number of rotatable bonds is 2. The molecule has 0 bridgehead atoms. The van der Waals surface area contributed by atoms with Gasteiger partial charge in [0.1, 0.15) is 6.33 Å². The number of carbonyl (C=O) groups is 1. The first kappa shape index (κ1) is 8.72. The second-order valence-corrected chi connectivity index (χ2v) is 4.00. The Kier molecular flexibility index (Phi) is 1.89. The summed E-state index contributed by atoms with van der Waals surface area (Å²) in [5, 5.41) is 8.49. The maximum atomic E-state index is 10.9. The molecule has 0 aliphatic rings. The first-order valence-electron chi connectivity index (χ1n) is 2.89. The highest BCUT2D eigenvalue weighted by Gasteiger charge is 2.15. The topological polar surface area (TPSA) is 89.3 Å². The molecule has 0 spiro atoms.